The Morgan fingerprint density at radius 3 is 2.00 bits per heavy atom. The van der Waals surface area contributed by atoms with Crippen molar-refractivity contribution in [2.24, 2.45) is 5.73 Å². The fraction of sp³-hybridized carbons (Fsp3) is 0.600. The third-order valence-corrected chi connectivity index (χ3v) is 1.15. The third-order valence-electron chi connectivity index (χ3n) is 0.670. The molecule has 0 saturated heterocycles. The average Bonchev–Trinajstić information content (AvgIpc) is 1.57. The molecule has 0 amide bonds. The SMILES string of the molecule is CC(C)(N)C=CS(=O)(=O)O. The molecule has 0 aliphatic carbocycles. The maximum atomic E-state index is 10.1. The molecule has 0 heterocycles. The van der Waals surface area contributed by atoms with Crippen LogP contribution >= 0.6 is 0 Å². The van der Waals surface area contributed by atoms with Gasteiger partial charge in [0.15, 0.2) is 0 Å². The van der Waals surface area contributed by atoms with Gasteiger partial charge in [-0.05, 0) is 13.8 Å². The molecule has 4 nitrogen and oxygen atoms in total. The molecule has 0 spiro atoms. The molecule has 0 aliphatic rings. The van der Waals surface area contributed by atoms with Crippen LogP contribution in [0.4, 0.5) is 0 Å². The highest BCUT2D eigenvalue weighted by molar-refractivity contribution is 7.88. The second-order valence-electron chi connectivity index (χ2n) is 2.64. The summed E-state index contributed by atoms with van der Waals surface area (Å²) in [7, 11) is -4.02. The Morgan fingerprint density at radius 1 is 1.50 bits per heavy atom. The van der Waals surface area contributed by atoms with E-state index in [9.17, 15) is 8.42 Å². The summed E-state index contributed by atoms with van der Waals surface area (Å²) in [6.07, 6.45) is 1.21. The molecular formula is C5H11NO3S. The molecule has 0 bridgehead atoms. The molecule has 0 aliphatic heterocycles. The maximum absolute atomic E-state index is 10.1. The zero-order valence-electron chi connectivity index (χ0n) is 5.90. The van der Waals surface area contributed by atoms with E-state index in [1.807, 2.05) is 0 Å². The first kappa shape index (κ1) is 9.61. The van der Waals surface area contributed by atoms with Gasteiger partial charge in [0.1, 0.15) is 0 Å². The van der Waals surface area contributed by atoms with Crippen molar-refractivity contribution in [2.45, 2.75) is 19.4 Å². The number of nitrogens with two attached hydrogens (primary N) is 1. The van der Waals surface area contributed by atoms with E-state index in [2.05, 4.69) is 0 Å². The van der Waals surface area contributed by atoms with E-state index in [1.165, 1.54) is 6.08 Å². The van der Waals surface area contributed by atoms with E-state index in [1.54, 1.807) is 13.8 Å². The molecule has 0 rings (SSSR count). The molecule has 0 unspecified atom stereocenters. The van der Waals surface area contributed by atoms with E-state index in [-0.39, 0.29) is 0 Å². The van der Waals surface area contributed by atoms with Crippen LogP contribution in [-0.2, 0) is 10.1 Å². The maximum Gasteiger partial charge on any atom is 0.287 e. The second kappa shape index (κ2) is 2.69. The summed E-state index contributed by atoms with van der Waals surface area (Å²) in [5.41, 5.74) is 4.67. The summed E-state index contributed by atoms with van der Waals surface area (Å²) < 4.78 is 28.4. The lowest BCUT2D eigenvalue weighted by atomic mass is 10.1. The Bertz CT molecular complexity index is 222. The van der Waals surface area contributed by atoms with Gasteiger partial charge >= 0.3 is 0 Å². The predicted octanol–water partition coefficient (Wildman–Crippen LogP) is 0.125. The lowest BCUT2D eigenvalue weighted by Crippen LogP contribution is -2.28. The zero-order chi connectivity index (χ0) is 8.41. The highest BCUT2D eigenvalue weighted by Crippen LogP contribution is 1.99. The van der Waals surface area contributed by atoms with Gasteiger partial charge < -0.3 is 5.73 Å². The van der Waals surface area contributed by atoms with Crippen LogP contribution in [0.1, 0.15) is 13.8 Å². The van der Waals surface area contributed by atoms with Gasteiger partial charge in [-0.3, -0.25) is 4.55 Å². The van der Waals surface area contributed by atoms with E-state index in [0.29, 0.717) is 5.41 Å². The smallest absolute Gasteiger partial charge is 0.287 e. The van der Waals surface area contributed by atoms with Crippen molar-refractivity contribution >= 4 is 10.1 Å². The highest BCUT2D eigenvalue weighted by atomic mass is 32.2. The van der Waals surface area contributed by atoms with Crippen LogP contribution in [0, 0.1) is 0 Å². The number of rotatable bonds is 2. The predicted molar refractivity (Wildman–Crippen MR) is 39.0 cm³/mol. The van der Waals surface area contributed by atoms with Gasteiger partial charge in [0.25, 0.3) is 10.1 Å². The minimum atomic E-state index is -4.02. The van der Waals surface area contributed by atoms with E-state index in [4.69, 9.17) is 10.3 Å². The normalized spacial score (nSPS) is 14.4. The van der Waals surface area contributed by atoms with Gasteiger partial charge in [-0.2, -0.15) is 8.42 Å². The van der Waals surface area contributed by atoms with Gasteiger partial charge in [0.05, 0.1) is 5.41 Å². The van der Waals surface area contributed by atoms with Gasteiger partial charge in [0, 0.05) is 5.54 Å². The molecule has 3 N–H and O–H groups in total. The number of hydrogen-bond acceptors (Lipinski definition) is 3. The Labute approximate surface area is 60.5 Å². The summed E-state index contributed by atoms with van der Waals surface area (Å²) >= 11 is 0. The van der Waals surface area contributed by atoms with Crippen LogP contribution in [0.25, 0.3) is 0 Å². The largest absolute Gasteiger partial charge is 0.322 e. The molecule has 0 aromatic rings. The minimum absolute atomic E-state index is 0.674. The molecule has 0 atom stereocenters. The molecule has 0 aromatic heterocycles. The summed E-state index contributed by atoms with van der Waals surface area (Å²) in [5, 5.41) is 0.674. The van der Waals surface area contributed by atoms with Crippen molar-refractivity contribution in [1.82, 2.24) is 0 Å². The van der Waals surface area contributed by atoms with Crippen molar-refractivity contribution in [1.29, 1.82) is 0 Å². The van der Waals surface area contributed by atoms with Gasteiger partial charge in [-0.15, -0.1) is 0 Å². The summed E-state index contributed by atoms with van der Waals surface area (Å²) in [6.45, 7) is 3.24. The van der Waals surface area contributed by atoms with Crippen LogP contribution < -0.4 is 5.73 Å². The first-order chi connectivity index (χ1) is 4.21. The highest BCUT2D eigenvalue weighted by Gasteiger charge is 2.06. The van der Waals surface area contributed by atoms with Crippen LogP contribution in [0.5, 0.6) is 0 Å². The Kier molecular flexibility index (Phi) is 2.59. The average molecular weight is 165 g/mol. The lowest BCUT2D eigenvalue weighted by molar-refractivity contribution is 0.493. The Balaban J connectivity index is 4.31. The van der Waals surface area contributed by atoms with Gasteiger partial charge in [-0.1, -0.05) is 6.08 Å². The standard InChI is InChI=1S/C5H11NO3S/c1-5(2,6)3-4-10(7,8)9/h3-4H,6H2,1-2H3,(H,7,8,9). The van der Waals surface area contributed by atoms with Crippen molar-refractivity contribution in [2.75, 3.05) is 0 Å². The third kappa shape index (κ3) is 7.61. The fourth-order valence-corrected chi connectivity index (χ4v) is 0.784. The summed E-state index contributed by atoms with van der Waals surface area (Å²) in [4.78, 5) is 0. The van der Waals surface area contributed by atoms with Gasteiger partial charge in [-0.25, -0.2) is 0 Å². The van der Waals surface area contributed by atoms with Crippen LogP contribution in [-0.4, -0.2) is 18.5 Å². The molecule has 0 radical (unpaired) electrons. The zero-order valence-corrected chi connectivity index (χ0v) is 6.72. The Morgan fingerprint density at radius 2 is 1.90 bits per heavy atom. The second-order valence-corrected chi connectivity index (χ2v) is 3.94. The van der Waals surface area contributed by atoms with Crippen molar-refractivity contribution in [3.8, 4) is 0 Å². The first-order valence-electron chi connectivity index (χ1n) is 2.66. The molecule has 60 valence electrons. The van der Waals surface area contributed by atoms with Crippen molar-refractivity contribution in [3.05, 3.63) is 11.5 Å². The Hall–Kier alpha value is -0.390. The van der Waals surface area contributed by atoms with Crippen molar-refractivity contribution < 1.29 is 13.0 Å². The summed E-state index contributed by atoms with van der Waals surface area (Å²) in [6, 6.07) is 0. The molecule has 10 heavy (non-hydrogen) atoms. The minimum Gasteiger partial charge on any atom is -0.322 e. The van der Waals surface area contributed by atoms with Crippen molar-refractivity contribution in [3.63, 3.8) is 0 Å². The molecule has 0 aromatic carbocycles. The molecule has 0 fully saturated rings. The summed E-state index contributed by atoms with van der Waals surface area (Å²) in [5.74, 6) is 0. The first-order valence-corrected chi connectivity index (χ1v) is 4.17. The van der Waals surface area contributed by atoms with Gasteiger partial charge in [0.2, 0.25) is 0 Å². The van der Waals surface area contributed by atoms with E-state index in [0.717, 1.165) is 0 Å². The lowest BCUT2D eigenvalue weighted by Gasteiger charge is -2.10. The van der Waals surface area contributed by atoms with E-state index >= 15 is 0 Å². The fourth-order valence-electron chi connectivity index (χ4n) is 0.261. The molecule has 5 heteroatoms. The number of hydrogen-bond donors (Lipinski definition) is 2. The van der Waals surface area contributed by atoms with E-state index < -0.39 is 15.7 Å². The van der Waals surface area contributed by atoms with Crippen LogP contribution in [0.3, 0.4) is 0 Å². The molecule has 0 saturated carbocycles. The van der Waals surface area contributed by atoms with Crippen LogP contribution in [0.2, 0.25) is 0 Å². The quantitative estimate of drug-likeness (QED) is 0.570. The molecular weight excluding hydrogens is 154 g/mol. The topological polar surface area (TPSA) is 80.4 Å². The monoisotopic (exact) mass is 165 g/mol. The van der Waals surface area contributed by atoms with Crippen LogP contribution in [0.15, 0.2) is 11.5 Å².